The Hall–Kier alpha value is -2.54. The second kappa shape index (κ2) is 7.37. The van der Waals surface area contributed by atoms with Crippen LogP contribution in [-0.4, -0.2) is 28.6 Å². The van der Waals surface area contributed by atoms with Gasteiger partial charge in [-0.15, -0.1) is 0 Å². The molecule has 0 radical (unpaired) electrons. The minimum atomic E-state index is -0.502. The number of nitrogens with zero attached hydrogens (tertiary/aromatic N) is 1. The van der Waals surface area contributed by atoms with Crippen LogP contribution < -0.4 is 15.6 Å². The summed E-state index contributed by atoms with van der Waals surface area (Å²) in [6.07, 6.45) is 1.17. The smallest absolute Gasteiger partial charge is 0.257 e. The number of aromatic nitrogens is 2. The number of H-pyrrole nitrogens is 1. The zero-order chi connectivity index (χ0) is 20.8. The summed E-state index contributed by atoms with van der Waals surface area (Å²) in [6.45, 7) is 6.19. The molecular formula is C22H25N3O3S. The van der Waals surface area contributed by atoms with Gasteiger partial charge >= 0.3 is 0 Å². The number of methoxy groups -OCH3 is 1. The molecule has 0 unspecified atom stereocenters. The van der Waals surface area contributed by atoms with Gasteiger partial charge in [-0.05, 0) is 23.7 Å². The minimum absolute atomic E-state index is 0.0664. The fraction of sp³-hybridized carbons (Fsp3) is 0.409. The molecule has 2 aromatic rings. The number of carbonyl (C=O) groups is 1. The molecule has 6 nitrogen and oxygen atoms in total. The largest absolute Gasteiger partial charge is 0.496 e. The minimum Gasteiger partial charge on any atom is -0.496 e. The number of ketones is 1. The number of fused-ring (bicyclic) bond motifs is 1. The number of carbonyl (C=O) groups excluding carboxylic acids is 1. The van der Waals surface area contributed by atoms with Crippen LogP contribution in [0.25, 0.3) is 0 Å². The van der Waals surface area contributed by atoms with Crippen LogP contribution >= 0.6 is 11.8 Å². The molecule has 152 valence electrons. The summed E-state index contributed by atoms with van der Waals surface area (Å²) in [4.78, 5) is 33.9. The number of rotatable bonds is 4. The number of hydrogen-bond donors (Lipinski definition) is 2. The van der Waals surface area contributed by atoms with E-state index in [2.05, 4.69) is 29.1 Å². The molecule has 1 aliphatic heterocycles. The van der Waals surface area contributed by atoms with Gasteiger partial charge in [0.05, 0.1) is 18.6 Å². The lowest BCUT2D eigenvalue weighted by Gasteiger charge is -2.38. The maximum Gasteiger partial charge on any atom is 0.257 e. The van der Waals surface area contributed by atoms with Gasteiger partial charge in [-0.25, -0.2) is 4.98 Å². The Morgan fingerprint density at radius 1 is 1.24 bits per heavy atom. The summed E-state index contributed by atoms with van der Waals surface area (Å²) in [6, 6.07) is 7.57. The molecule has 0 saturated heterocycles. The standard InChI is InChI=1S/C22H25N3O3S/c1-5-29-21-24-19-18(20(27)25-21)16(12-8-6-7-9-15(12)28-4)17-13(23-19)10-22(2,3)11-14(17)26/h6-9,16H,5,10-11H2,1-4H3,(H2,23,24,25,27)/t16-/m1/s1. The summed E-state index contributed by atoms with van der Waals surface area (Å²) in [5.41, 5.74) is 2.43. The number of benzene rings is 1. The van der Waals surface area contributed by atoms with Gasteiger partial charge in [0.2, 0.25) is 0 Å². The van der Waals surface area contributed by atoms with Gasteiger partial charge in [0.25, 0.3) is 5.56 Å². The number of nitrogens with one attached hydrogen (secondary N) is 2. The molecule has 2 aliphatic rings. The SMILES string of the molecule is CCSc1nc2c(c(=O)[nH]1)[C@H](c1ccccc1OC)C1=C(CC(C)(C)CC1=O)N2. The molecule has 2 heterocycles. The zero-order valence-electron chi connectivity index (χ0n) is 17.1. The summed E-state index contributed by atoms with van der Waals surface area (Å²) in [5.74, 6) is 1.55. The van der Waals surface area contributed by atoms with E-state index in [4.69, 9.17) is 4.74 Å². The molecule has 29 heavy (non-hydrogen) atoms. The van der Waals surface area contributed by atoms with E-state index in [0.717, 1.165) is 23.4 Å². The Morgan fingerprint density at radius 2 is 2.00 bits per heavy atom. The van der Waals surface area contributed by atoms with Crippen molar-refractivity contribution in [2.75, 3.05) is 18.2 Å². The number of aromatic amines is 1. The van der Waals surface area contributed by atoms with Gasteiger partial charge in [-0.3, -0.25) is 9.59 Å². The van der Waals surface area contributed by atoms with E-state index in [-0.39, 0.29) is 16.8 Å². The second-order valence-electron chi connectivity index (χ2n) is 8.20. The van der Waals surface area contributed by atoms with Crippen LogP contribution in [0, 0.1) is 5.41 Å². The molecule has 0 fully saturated rings. The van der Waals surface area contributed by atoms with E-state index < -0.39 is 5.92 Å². The van der Waals surface area contributed by atoms with Crippen LogP contribution in [0.3, 0.4) is 0 Å². The Morgan fingerprint density at radius 3 is 2.72 bits per heavy atom. The lowest BCUT2D eigenvalue weighted by atomic mass is 9.69. The highest BCUT2D eigenvalue weighted by Gasteiger charge is 2.43. The third-order valence-corrected chi connectivity index (χ3v) is 6.19. The molecule has 1 aromatic heterocycles. The monoisotopic (exact) mass is 411 g/mol. The fourth-order valence-electron chi connectivity index (χ4n) is 4.31. The number of Topliss-reactive ketones (excluding diaryl/α,β-unsaturated/α-hetero) is 1. The van der Waals surface area contributed by atoms with Gasteiger partial charge in [-0.1, -0.05) is 50.7 Å². The third-order valence-electron chi connectivity index (χ3n) is 5.43. The van der Waals surface area contributed by atoms with Crippen molar-refractivity contribution in [1.82, 2.24) is 9.97 Å². The van der Waals surface area contributed by atoms with E-state index in [1.807, 2.05) is 31.2 Å². The second-order valence-corrected chi connectivity index (χ2v) is 9.45. The molecule has 0 bridgehead atoms. The maximum atomic E-state index is 13.2. The average molecular weight is 412 g/mol. The molecule has 4 rings (SSSR count). The first-order valence-corrected chi connectivity index (χ1v) is 10.8. The van der Waals surface area contributed by atoms with Crippen LogP contribution in [0.1, 0.15) is 50.7 Å². The number of ether oxygens (including phenoxy) is 1. The molecular weight excluding hydrogens is 386 g/mol. The predicted molar refractivity (Wildman–Crippen MR) is 115 cm³/mol. The molecule has 7 heteroatoms. The van der Waals surface area contributed by atoms with Crippen molar-refractivity contribution in [2.24, 2.45) is 5.41 Å². The van der Waals surface area contributed by atoms with Crippen LogP contribution in [0.2, 0.25) is 0 Å². The molecule has 2 N–H and O–H groups in total. The van der Waals surface area contributed by atoms with E-state index in [1.54, 1.807) is 7.11 Å². The molecule has 0 spiro atoms. The summed E-state index contributed by atoms with van der Waals surface area (Å²) < 4.78 is 5.58. The Labute approximate surface area is 174 Å². The highest BCUT2D eigenvalue weighted by molar-refractivity contribution is 7.99. The Balaban J connectivity index is 1.99. The molecule has 1 atom stereocenters. The lowest BCUT2D eigenvalue weighted by molar-refractivity contribution is -0.118. The van der Waals surface area contributed by atoms with Gasteiger partial charge in [-0.2, -0.15) is 0 Å². The van der Waals surface area contributed by atoms with Crippen LogP contribution in [0.5, 0.6) is 5.75 Å². The molecule has 0 saturated carbocycles. The van der Waals surface area contributed by atoms with Gasteiger partial charge in [0.1, 0.15) is 11.6 Å². The van der Waals surface area contributed by atoms with Crippen LogP contribution in [0.4, 0.5) is 5.82 Å². The van der Waals surface area contributed by atoms with E-state index in [0.29, 0.717) is 34.3 Å². The van der Waals surface area contributed by atoms with Gasteiger partial charge in [0, 0.05) is 23.3 Å². The molecule has 0 amide bonds. The predicted octanol–water partition coefficient (Wildman–Crippen LogP) is 4.09. The van der Waals surface area contributed by atoms with Crippen molar-refractivity contribution in [2.45, 2.75) is 44.7 Å². The van der Waals surface area contributed by atoms with Crippen molar-refractivity contribution in [1.29, 1.82) is 0 Å². The van der Waals surface area contributed by atoms with E-state index in [9.17, 15) is 9.59 Å². The summed E-state index contributed by atoms with van der Waals surface area (Å²) >= 11 is 1.48. The van der Waals surface area contributed by atoms with Crippen molar-refractivity contribution in [3.8, 4) is 5.75 Å². The quantitative estimate of drug-likeness (QED) is 0.582. The Bertz CT molecular complexity index is 1070. The normalized spacial score (nSPS) is 20.0. The summed E-state index contributed by atoms with van der Waals surface area (Å²) in [7, 11) is 1.60. The van der Waals surface area contributed by atoms with Crippen LogP contribution in [0.15, 0.2) is 45.5 Å². The maximum absolute atomic E-state index is 13.2. The first kappa shape index (κ1) is 19.8. The Kier molecular flexibility index (Phi) is 5.02. The fourth-order valence-corrected chi connectivity index (χ4v) is 4.91. The number of anilines is 1. The number of thioether (sulfide) groups is 1. The van der Waals surface area contributed by atoms with E-state index >= 15 is 0 Å². The third kappa shape index (κ3) is 3.48. The van der Waals surface area contributed by atoms with Crippen molar-refractivity contribution >= 4 is 23.4 Å². The highest BCUT2D eigenvalue weighted by Crippen LogP contribution is 2.49. The molecule has 1 aromatic carbocycles. The van der Waals surface area contributed by atoms with E-state index in [1.165, 1.54) is 11.8 Å². The van der Waals surface area contributed by atoms with Crippen molar-refractivity contribution < 1.29 is 9.53 Å². The first-order chi connectivity index (χ1) is 13.8. The van der Waals surface area contributed by atoms with Gasteiger partial charge < -0.3 is 15.0 Å². The van der Waals surface area contributed by atoms with Gasteiger partial charge in [0.15, 0.2) is 10.9 Å². The highest BCUT2D eigenvalue weighted by atomic mass is 32.2. The number of para-hydroxylation sites is 1. The topological polar surface area (TPSA) is 84.1 Å². The van der Waals surface area contributed by atoms with Crippen LogP contribution in [-0.2, 0) is 4.79 Å². The molecule has 1 aliphatic carbocycles. The lowest BCUT2D eigenvalue weighted by Crippen LogP contribution is -2.37. The zero-order valence-corrected chi connectivity index (χ0v) is 17.9. The van der Waals surface area contributed by atoms with Crippen molar-refractivity contribution in [3.05, 3.63) is 57.0 Å². The summed E-state index contributed by atoms with van der Waals surface area (Å²) in [5, 5.41) is 3.91. The first-order valence-electron chi connectivity index (χ1n) is 9.78. The number of hydrogen-bond acceptors (Lipinski definition) is 6. The van der Waals surface area contributed by atoms with Crippen molar-refractivity contribution in [3.63, 3.8) is 0 Å². The average Bonchev–Trinajstić information content (AvgIpc) is 2.65. The number of allylic oxidation sites excluding steroid dienone is 2.